The number of nitrogens with two attached hydrogens (primary N) is 1. The zero-order valence-electron chi connectivity index (χ0n) is 10.2. The summed E-state index contributed by atoms with van der Waals surface area (Å²) in [5, 5.41) is 2.29. The molecule has 8 heteroatoms. The summed E-state index contributed by atoms with van der Waals surface area (Å²) in [5.74, 6) is -6.10. The Balaban J connectivity index is 2.58. The lowest BCUT2D eigenvalue weighted by Gasteiger charge is -2.14. The maximum atomic E-state index is 13.6. The average Bonchev–Trinajstić information content (AvgIpc) is 2.41. The first-order valence-corrected chi connectivity index (χ1v) is 6.70. The summed E-state index contributed by atoms with van der Waals surface area (Å²) < 4.78 is 54.2. The van der Waals surface area contributed by atoms with E-state index in [1.807, 2.05) is 0 Å². The third kappa shape index (κ3) is 3.16. The van der Waals surface area contributed by atoms with E-state index in [0.717, 1.165) is 0 Å². The van der Waals surface area contributed by atoms with E-state index >= 15 is 0 Å². The first kappa shape index (κ1) is 15.7. The van der Waals surface area contributed by atoms with Crippen LogP contribution in [0.3, 0.4) is 0 Å². The van der Waals surface area contributed by atoms with Gasteiger partial charge in [0.25, 0.3) is 0 Å². The number of hydrogen-bond donors (Lipinski definition) is 2. The van der Waals surface area contributed by atoms with Crippen molar-refractivity contribution in [1.29, 1.82) is 0 Å². The molecule has 0 unspecified atom stereocenters. The van der Waals surface area contributed by atoms with Gasteiger partial charge in [0.2, 0.25) is 0 Å². The van der Waals surface area contributed by atoms with E-state index in [4.69, 9.17) is 18.0 Å². The van der Waals surface area contributed by atoms with Crippen LogP contribution in [0, 0.1) is 23.3 Å². The Morgan fingerprint density at radius 3 is 2.14 bits per heavy atom. The molecule has 0 aliphatic rings. The second-order valence-electron chi connectivity index (χ2n) is 4.02. The first-order valence-electron chi connectivity index (χ1n) is 5.50. The molecule has 0 fully saturated rings. The minimum atomic E-state index is -1.54. The lowest BCUT2D eigenvalue weighted by molar-refractivity contribution is 0.459. The lowest BCUT2D eigenvalue weighted by atomic mass is 10.1. The molecule has 0 spiro atoms. The van der Waals surface area contributed by atoms with E-state index in [0.29, 0.717) is 4.47 Å². The van der Waals surface area contributed by atoms with E-state index in [1.54, 1.807) is 6.07 Å². The van der Waals surface area contributed by atoms with Crippen LogP contribution in [0.1, 0.15) is 5.56 Å². The van der Waals surface area contributed by atoms with Crippen LogP contribution in [0.15, 0.2) is 28.7 Å². The van der Waals surface area contributed by atoms with E-state index in [1.165, 1.54) is 12.1 Å². The molecule has 0 saturated carbocycles. The second-order valence-corrected chi connectivity index (χ2v) is 5.38. The monoisotopic (exact) mass is 378 g/mol. The van der Waals surface area contributed by atoms with Gasteiger partial charge in [0.1, 0.15) is 10.7 Å². The van der Waals surface area contributed by atoms with Crippen LogP contribution in [-0.2, 0) is 0 Å². The number of thiocarbonyl (C=S) groups is 1. The lowest BCUT2D eigenvalue weighted by Crippen LogP contribution is -2.13. The summed E-state index contributed by atoms with van der Waals surface area (Å²) in [4.78, 5) is -0.0392. The normalized spacial score (nSPS) is 10.5. The molecule has 0 aliphatic carbocycles. The van der Waals surface area contributed by atoms with Crippen molar-refractivity contribution in [3.05, 3.63) is 57.6 Å². The van der Waals surface area contributed by atoms with Gasteiger partial charge in [-0.1, -0.05) is 28.1 Å². The molecule has 3 N–H and O–H groups in total. The second kappa shape index (κ2) is 5.98. The molecule has 0 saturated heterocycles. The molecular formula is C13H7BrF4N2S. The van der Waals surface area contributed by atoms with Crippen molar-refractivity contribution < 1.29 is 17.6 Å². The van der Waals surface area contributed by atoms with Gasteiger partial charge in [-0.25, -0.2) is 17.6 Å². The van der Waals surface area contributed by atoms with Gasteiger partial charge in [-0.05, 0) is 18.2 Å². The molecule has 2 aromatic rings. The molecule has 0 heterocycles. The number of anilines is 2. The van der Waals surface area contributed by atoms with Crippen molar-refractivity contribution in [2.24, 2.45) is 5.73 Å². The maximum absolute atomic E-state index is 13.6. The molecule has 2 aromatic carbocycles. The van der Waals surface area contributed by atoms with Gasteiger partial charge in [-0.15, -0.1) is 0 Å². The van der Waals surface area contributed by atoms with Crippen LogP contribution in [0.4, 0.5) is 28.9 Å². The third-order valence-corrected chi connectivity index (χ3v) is 3.33. The highest BCUT2D eigenvalue weighted by Gasteiger charge is 2.20. The van der Waals surface area contributed by atoms with E-state index in [-0.39, 0.29) is 22.3 Å². The third-order valence-electron chi connectivity index (χ3n) is 2.62. The SMILES string of the molecule is NC(=S)c1ccc(Br)cc1Nc1c(F)c(F)cc(F)c1F. The van der Waals surface area contributed by atoms with Gasteiger partial charge in [-0.2, -0.15) is 0 Å². The average molecular weight is 379 g/mol. The minimum absolute atomic E-state index is 0.0392. The van der Waals surface area contributed by atoms with Crippen molar-refractivity contribution in [1.82, 2.24) is 0 Å². The molecule has 0 bridgehead atoms. The summed E-state index contributed by atoms with van der Waals surface area (Å²) in [6, 6.07) is 4.67. The van der Waals surface area contributed by atoms with Crippen molar-refractivity contribution >= 4 is 44.5 Å². The molecule has 2 nitrogen and oxygen atoms in total. The highest BCUT2D eigenvalue weighted by Crippen LogP contribution is 2.30. The molecule has 2 rings (SSSR count). The maximum Gasteiger partial charge on any atom is 0.185 e. The van der Waals surface area contributed by atoms with Gasteiger partial charge < -0.3 is 11.1 Å². The fourth-order valence-electron chi connectivity index (χ4n) is 1.65. The highest BCUT2D eigenvalue weighted by molar-refractivity contribution is 9.10. The summed E-state index contributed by atoms with van der Waals surface area (Å²) in [7, 11) is 0. The Labute approximate surface area is 131 Å². The molecule has 0 aromatic heterocycles. The summed E-state index contributed by atoms with van der Waals surface area (Å²) >= 11 is 7.98. The van der Waals surface area contributed by atoms with Crippen LogP contribution in [0.5, 0.6) is 0 Å². The van der Waals surface area contributed by atoms with Gasteiger partial charge in [-0.3, -0.25) is 0 Å². The number of hydrogen-bond acceptors (Lipinski definition) is 2. The molecule has 110 valence electrons. The molecule has 21 heavy (non-hydrogen) atoms. The zero-order valence-corrected chi connectivity index (χ0v) is 12.6. The van der Waals surface area contributed by atoms with Crippen LogP contribution in [-0.4, -0.2) is 4.99 Å². The fraction of sp³-hybridized carbons (Fsp3) is 0. The molecular weight excluding hydrogens is 372 g/mol. The largest absolute Gasteiger partial charge is 0.389 e. The van der Waals surface area contributed by atoms with Gasteiger partial charge in [0, 0.05) is 21.8 Å². The predicted molar refractivity (Wildman–Crippen MR) is 79.6 cm³/mol. The van der Waals surface area contributed by atoms with Crippen molar-refractivity contribution in [2.75, 3.05) is 5.32 Å². The van der Waals surface area contributed by atoms with E-state index < -0.39 is 29.0 Å². The molecule has 0 radical (unpaired) electrons. The van der Waals surface area contributed by atoms with Crippen LogP contribution in [0.2, 0.25) is 0 Å². The zero-order chi connectivity index (χ0) is 15.7. The highest BCUT2D eigenvalue weighted by atomic mass is 79.9. The van der Waals surface area contributed by atoms with Crippen molar-refractivity contribution in [2.45, 2.75) is 0 Å². The number of rotatable bonds is 3. The van der Waals surface area contributed by atoms with Gasteiger partial charge >= 0.3 is 0 Å². The fourth-order valence-corrected chi connectivity index (χ4v) is 2.19. The minimum Gasteiger partial charge on any atom is -0.389 e. The molecule has 0 aliphatic heterocycles. The summed E-state index contributed by atoms with van der Waals surface area (Å²) in [6.07, 6.45) is 0. The summed E-state index contributed by atoms with van der Waals surface area (Å²) in [5.41, 5.74) is 4.92. The van der Waals surface area contributed by atoms with Crippen LogP contribution in [0.25, 0.3) is 0 Å². The molecule has 0 atom stereocenters. The Hall–Kier alpha value is -1.67. The first-order chi connectivity index (χ1) is 9.81. The van der Waals surface area contributed by atoms with Crippen molar-refractivity contribution in [3.63, 3.8) is 0 Å². The summed E-state index contributed by atoms with van der Waals surface area (Å²) in [6.45, 7) is 0. The van der Waals surface area contributed by atoms with Gasteiger partial charge in [0.15, 0.2) is 23.3 Å². The Morgan fingerprint density at radius 1 is 1.05 bits per heavy atom. The smallest absolute Gasteiger partial charge is 0.185 e. The van der Waals surface area contributed by atoms with Crippen LogP contribution < -0.4 is 11.1 Å². The van der Waals surface area contributed by atoms with E-state index in [9.17, 15) is 17.6 Å². The number of benzene rings is 2. The van der Waals surface area contributed by atoms with Crippen LogP contribution >= 0.6 is 28.1 Å². The molecule has 0 amide bonds. The number of halogens is 5. The van der Waals surface area contributed by atoms with Crippen molar-refractivity contribution in [3.8, 4) is 0 Å². The Bertz CT molecular complexity index is 710. The van der Waals surface area contributed by atoms with E-state index in [2.05, 4.69) is 21.2 Å². The number of nitrogens with one attached hydrogen (secondary N) is 1. The Kier molecular flexibility index (Phi) is 4.48. The standard InChI is InChI=1S/C13H7BrF4N2S/c14-5-1-2-6(13(19)21)9(3-5)20-12-10(17)7(15)4-8(16)11(12)18/h1-4,20H,(H2,19,21). The topological polar surface area (TPSA) is 38.0 Å². The Morgan fingerprint density at radius 2 is 1.62 bits per heavy atom. The quantitative estimate of drug-likeness (QED) is 0.472. The predicted octanol–water partition coefficient (Wildman–Crippen LogP) is 4.38. The van der Waals surface area contributed by atoms with Gasteiger partial charge in [0.05, 0.1) is 0 Å².